The summed E-state index contributed by atoms with van der Waals surface area (Å²) in [7, 11) is 0. The second-order valence-electron chi connectivity index (χ2n) is 7.79. The molecule has 1 aromatic carbocycles. The Hall–Kier alpha value is -2.63. The SMILES string of the molecule is CCCCN1C(=O)C(c2ccc(NC(C)=O)cc2)=C(N2CCCC(C)C2)C1=O. The molecule has 0 spiro atoms. The second-order valence-corrected chi connectivity index (χ2v) is 7.79. The highest BCUT2D eigenvalue weighted by Crippen LogP contribution is 2.34. The molecule has 0 bridgehead atoms. The molecule has 6 nitrogen and oxygen atoms in total. The first-order chi connectivity index (χ1) is 13.4. The molecule has 3 rings (SSSR count). The van der Waals surface area contributed by atoms with Gasteiger partial charge in [-0.15, -0.1) is 0 Å². The molecule has 150 valence electrons. The van der Waals surface area contributed by atoms with E-state index in [1.165, 1.54) is 11.8 Å². The number of imide groups is 1. The normalized spacial score (nSPS) is 20.2. The maximum absolute atomic E-state index is 13.2. The van der Waals surface area contributed by atoms with Crippen molar-refractivity contribution in [3.05, 3.63) is 35.5 Å². The summed E-state index contributed by atoms with van der Waals surface area (Å²) < 4.78 is 0. The van der Waals surface area contributed by atoms with Crippen molar-refractivity contribution in [2.75, 3.05) is 25.0 Å². The molecule has 1 N–H and O–H groups in total. The summed E-state index contributed by atoms with van der Waals surface area (Å²) >= 11 is 0. The first-order valence-corrected chi connectivity index (χ1v) is 10.2. The van der Waals surface area contributed by atoms with Crippen LogP contribution in [0.5, 0.6) is 0 Å². The van der Waals surface area contributed by atoms with Crippen LogP contribution in [-0.2, 0) is 14.4 Å². The van der Waals surface area contributed by atoms with Crippen LogP contribution in [0.2, 0.25) is 0 Å². The molecule has 0 aliphatic carbocycles. The Kier molecular flexibility index (Phi) is 6.17. The fraction of sp³-hybridized carbons (Fsp3) is 0.500. The number of unbranched alkanes of at least 4 members (excludes halogenated alkanes) is 1. The fourth-order valence-electron chi connectivity index (χ4n) is 3.95. The smallest absolute Gasteiger partial charge is 0.277 e. The number of amides is 3. The molecule has 0 radical (unpaired) electrons. The van der Waals surface area contributed by atoms with E-state index in [1.54, 1.807) is 12.1 Å². The molecule has 0 aromatic heterocycles. The van der Waals surface area contributed by atoms with Crippen molar-refractivity contribution in [1.82, 2.24) is 9.80 Å². The van der Waals surface area contributed by atoms with Crippen molar-refractivity contribution in [3.63, 3.8) is 0 Å². The summed E-state index contributed by atoms with van der Waals surface area (Å²) in [4.78, 5) is 41.1. The molecule has 1 fully saturated rings. The Morgan fingerprint density at radius 3 is 2.50 bits per heavy atom. The van der Waals surface area contributed by atoms with E-state index in [1.807, 2.05) is 19.1 Å². The van der Waals surface area contributed by atoms with Crippen molar-refractivity contribution in [2.24, 2.45) is 5.92 Å². The van der Waals surface area contributed by atoms with E-state index in [4.69, 9.17) is 0 Å². The van der Waals surface area contributed by atoms with Gasteiger partial charge in [-0.05, 0) is 42.9 Å². The van der Waals surface area contributed by atoms with Crippen LogP contribution in [0.3, 0.4) is 0 Å². The highest BCUT2D eigenvalue weighted by Gasteiger charge is 2.41. The van der Waals surface area contributed by atoms with Gasteiger partial charge in [0, 0.05) is 32.2 Å². The number of nitrogens with zero attached hydrogens (tertiary/aromatic N) is 2. The summed E-state index contributed by atoms with van der Waals surface area (Å²) in [6.07, 6.45) is 3.89. The van der Waals surface area contributed by atoms with Crippen molar-refractivity contribution in [3.8, 4) is 0 Å². The van der Waals surface area contributed by atoms with E-state index in [0.29, 0.717) is 29.4 Å². The van der Waals surface area contributed by atoms with Gasteiger partial charge in [-0.2, -0.15) is 0 Å². The zero-order valence-corrected chi connectivity index (χ0v) is 17.0. The standard InChI is InChI=1S/C22H29N3O3/c1-4-5-13-25-21(27)19(17-8-10-18(11-9-17)23-16(3)26)20(22(25)28)24-12-6-7-15(2)14-24/h8-11,15H,4-7,12-14H2,1-3H3,(H,23,26). The van der Waals surface area contributed by atoms with E-state index in [9.17, 15) is 14.4 Å². The number of hydrogen-bond acceptors (Lipinski definition) is 4. The van der Waals surface area contributed by atoms with Crippen molar-refractivity contribution >= 4 is 29.0 Å². The molecule has 1 unspecified atom stereocenters. The van der Waals surface area contributed by atoms with Crippen LogP contribution in [0.25, 0.3) is 5.57 Å². The van der Waals surface area contributed by atoms with Crippen LogP contribution in [0.1, 0.15) is 52.0 Å². The average molecular weight is 383 g/mol. The predicted molar refractivity (Wildman–Crippen MR) is 109 cm³/mol. The lowest BCUT2D eigenvalue weighted by atomic mass is 9.97. The van der Waals surface area contributed by atoms with Crippen LogP contribution in [-0.4, -0.2) is 47.2 Å². The quantitative estimate of drug-likeness (QED) is 0.766. The maximum Gasteiger partial charge on any atom is 0.277 e. The minimum atomic E-state index is -0.209. The first-order valence-electron chi connectivity index (χ1n) is 10.2. The number of piperidine rings is 1. The highest BCUT2D eigenvalue weighted by atomic mass is 16.2. The van der Waals surface area contributed by atoms with Crippen LogP contribution in [0.15, 0.2) is 30.0 Å². The predicted octanol–water partition coefficient (Wildman–Crippen LogP) is 3.26. The molecule has 1 aromatic rings. The summed E-state index contributed by atoms with van der Waals surface area (Å²) in [5, 5.41) is 2.73. The largest absolute Gasteiger partial charge is 0.366 e. The third-order valence-corrected chi connectivity index (χ3v) is 5.35. The summed E-state index contributed by atoms with van der Waals surface area (Å²) in [6.45, 7) is 7.74. The van der Waals surface area contributed by atoms with E-state index in [2.05, 4.69) is 17.1 Å². The zero-order chi connectivity index (χ0) is 20.3. The summed E-state index contributed by atoms with van der Waals surface area (Å²) in [5.41, 5.74) is 2.42. The van der Waals surface area contributed by atoms with Crippen LogP contribution in [0.4, 0.5) is 5.69 Å². The number of nitrogens with one attached hydrogen (secondary N) is 1. The van der Waals surface area contributed by atoms with Gasteiger partial charge in [-0.1, -0.05) is 32.4 Å². The second kappa shape index (κ2) is 8.59. The van der Waals surface area contributed by atoms with E-state index in [0.717, 1.165) is 44.3 Å². The molecule has 0 saturated carbocycles. The Morgan fingerprint density at radius 1 is 1.18 bits per heavy atom. The molecule has 2 heterocycles. The monoisotopic (exact) mass is 383 g/mol. The van der Waals surface area contributed by atoms with Crippen LogP contribution < -0.4 is 5.32 Å². The minimum Gasteiger partial charge on any atom is -0.366 e. The van der Waals surface area contributed by atoms with Gasteiger partial charge in [-0.25, -0.2) is 0 Å². The highest BCUT2D eigenvalue weighted by molar-refractivity contribution is 6.35. The van der Waals surface area contributed by atoms with E-state index >= 15 is 0 Å². The Balaban J connectivity index is 1.99. The zero-order valence-electron chi connectivity index (χ0n) is 17.0. The number of rotatable bonds is 6. The molecule has 28 heavy (non-hydrogen) atoms. The average Bonchev–Trinajstić information content (AvgIpc) is 2.90. The molecular weight excluding hydrogens is 354 g/mol. The van der Waals surface area contributed by atoms with Gasteiger partial charge in [-0.3, -0.25) is 19.3 Å². The molecule has 3 amide bonds. The van der Waals surface area contributed by atoms with Crippen LogP contribution >= 0.6 is 0 Å². The fourth-order valence-corrected chi connectivity index (χ4v) is 3.95. The van der Waals surface area contributed by atoms with Gasteiger partial charge >= 0.3 is 0 Å². The molecule has 1 saturated heterocycles. The van der Waals surface area contributed by atoms with Gasteiger partial charge in [0.25, 0.3) is 11.8 Å². The van der Waals surface area contributed by atoms with Crippen molar-refractivity contribution in [1.29, 1.82) is 0 Å². The minimum absolute atomic E-state index is 0.146. The Morgan fingerprint density at radius 2 is 1.89 bits per heavy atom. The van der Waals surface area contributed by atoms with Crippen molar-refractivity contribution < 1.29 is 14.4 Å². The topological polar surface area (TPSA) is 69.7 Å². The number of benzene rings is 1. The molecular formula is C22H29N3O3. The number of carbonyl (C=O) groups excluding carboxylic acids is 3. The van der Waals surface area contributed by atoms with Gasteiger partial charge in [0.15, 0.2) is 0 Å². The van der Waals surface area contributed by atoms with Gasteiger partial charge in [0.1, 0.15) is 5.70 Å². The number of hydrogen-bond donors (Lipinski definition) is 1. The molecule has 6 heteroatoms. The molecule has 1 atom stereocenters. The Bertz CT molecular complexity index is 798. The third-order valence-electron chi connectivity index (χ3n) is 5.35. The Labute approximate surface area is 166 Å². The van der Waals surface area contributed by atoms with Gasteiger partial charge in [0.05, 0.1) is 5.57 Å². The first kappa shape index (κ1) is 20.1. The summed E-state index contributed by atoms with van der Waals surface area (Å²) in [6, 6.07) is 7.16. The number of likely N-dealkylation sites (tertiary alicyclic amines) is 1. The number of anilines is 1. The molecule has 2 aliphatic heterocycles. The van der Waals surface area contributed by atoms with Crippen molar-refractivity contribution in [2.45, 2.75) is 46.5 Å². The molecule has 2 aliphatic rings. The van der Waals surface area contributed by atoms with Gasteiger partial charge < -0.3 is 10.2 Å². The lowest BCUT2D eigenvalue weighted by molar-refractivity contribution is -0.137. The third kappa shape index (κ3) is 4.11. The van der Waals surface area contributed by atoms with E-state index < -0.39 is 0 Å². The lowest BCUT2D eigenvalue weighted by Gasteiger charge is -2.33. The van der Waals surface area contributed by atoms with Gasteiger partial charge in [0.2, 0.25) is 5.91 Å². The maximum atomic E-state index is 13.2. The van der Waals surface area contributed by atoms with E-state index in [-0.39, 0.29) is 17.7 Å². The summed E-state index contributed by atoms with van der Waals surface area (Å²) in [5.74, 6) is -0.0301. The number of carbonyl (C=O) groups is 3. The van der Waals surface area contributed by atoms with Crippen LogP contribution in [0, 0.1) is 5.92 Å². The lowest BCUT2D eigenvalue weighted by Crippen LogP contribution is -2.39.